The molecule has 1 atom stereocenters. The molecule has 0 amide bonds. The SMILES string of the molecule is CCCC(CN)NS(=O)(=O)c1cc(OC)c(OC)cc1C. The lowest BCUT2D eigenvalue weighted by Gasteiger charge is -2.18. The fourth-order valence-corrected chi connectivity index (χ4v) is 3.63. The number of rotatable bonds is 8. The number of nitrogens with one attached hydrogen (secondary N) is 1. The van der Waals surface area contributed by atoms with E-state index in [4.69, 9.17) is 15.2 Å². The fourth-order valence-electron chi connectivity index (χ4n) is 2.11. The molecule has 0 aliphatic heterocycles. The van der Waals surface area contributed by atoms with Crippen LogP contribution in [0.4, 0.5) is 0 Å². The zero-order valence-corrected chi connectivity index (χ0v) is 13.8. The number of nitrogens with two attached hydrogens (primary N) is 1. The lowest BCUT2D eigenvalue weighted by Crippen LogP contribution is -2.40. The Bertz CT molecular complexity index is 573. The first-order chi connectivity index (χ1) is 9.89. The third-order valence-electron chi connectivity index (χ3n) is 3.21. The number of sulfonamides is 1. The molecule has 0 aliphatic rings. The molecule has 1 aromatic rings. The van der Waals surface area contributed by atoms with E-state index >= 15 is 0 Å². The van der Waals surface area contributed by atoms with Crippen molar-refractivity contribution in [3.8, 4) is 11.5 Å². The Morgan fingerprint density at radius 2 is 1.81 bits per heavy atom. The van der Waals surface area contributed by atoms with Crippen molar-refractivity contribution in [3.63, 3.8) is 0 Å². The van der Waals surface area contributed by atoms with E-state index in [-0.39, 0.29) is 17.5 Å². The molecular weight excluding hydrogens is 292 g/mol. The molecule has 0 radical (unpaired) electrons. The molecule has 0 saturated carbocycles. The average molecular weight is 316 g/mol. The highest BCUT2D eigenvalue weighted by Gasteiger charge is 2.23. The Balaban J connectivity index is 3.19. The smallest absolute Gasteiger partial charge is 0.241 e. The van der Waals surface area contributed by atoms with Crippen LogP contribution in [0, 0.1) is 6.92 Å². The summed E-state index contributed by atoms with van der Waals surface area (Å²) in [6.45, 7) is 3.96. The van der Waals surface area contributed by atoms with Gasteiger partial charge >= 0.3 is 0 Å². The van der Waals surface area contributed by atoms with Crippen LogP contribution >= 0.6 is 0 Å². The van der Waals surface area contributed by atoms with Crippen LogP contribution in [0.5, 0.6) is 11.5 Å². The molecule has 3 N–H and O–H groups in total. The second-order valence-corrected chi connectivity index (χ2v) is 6.50. The van der Waals surface area contributed by atoms with Crippen molar-refractivity contribution in [2.45, 2.75) is 37.6 Å². The Morgan fingerprint density at radius 3 is 2.29 bits per heavy atom. The third-order valence-corrected chi connectivity index (χ3v) is 4.88. The summed E-state index contributed by atoms with van der Waals surface area (Å²) in [6, 6.07) is 2.84. The molecule has 0 bridgehead atoms. The van der Waals surface area contributed by atoms with Crippen LogP contribution in [0.3, 0.4) is 0 Å². The van der Waals surface area contributed by atoms with Crippen molar-refractivity contribution in [1.29, 1.82) is 0 Å². The number of aryl methyl sites for hydroxylation is 1. The second kappa shape index (κ2) is 7.63. The van der Waals surface area contributed by atoms with E-state index in [1.807, 2.05) is 6.92 Å². The molecule has 21 heavy (non-hydrogen) atoms. The van der Waals surface area contributed by atoms with Crippen molar-refractivity contribution < 1.29 is 17.9 Å². The van der Waals surface area contributed by atoms with Crippen LogP contribution in [-0.2, 0) is 10.0 Å². The maximum absolute atomic E-state index is 12.5. The number of ether oxygens (including phenoxy) is 2. The molecule has 6 nitrogen and oxygen atoms in total. The van der Waals surface area contributed by atoms with E-state index in [9.17, 15) is 8.42 Å². The quantitative estimate of drug-likeness (QED) is 0.757. The third kappa shape index (κ3) is 4.33. The van der Waals surface area contributed by atoms with Gasteiger partial charge in [0.25, 0.3) is 0 Å². The molecule has 1 aromatic carbocycles. The van der Waals surface area contributed by atoms with Gasteiger partial charge in [-0.05, 0) is 25.0 Å². The van der Waals surface area contributed by atoms with E-state index in [0.717, 1.165) is 6.42 Å². The summed E-state index contributed by atoms with van der Waals surface area (Å²) in [5, 5.41) is 0. The maximum Gasteiger partial charge on any atom is 0.241 e. The first kappa shape index (κ1) is 17.7. The predicted octanol–water partition coefficient (Wildman–Crippen LogP) is 1.42. The summed E-state index contributed by atoms with van der Waals surface area (Å²) in [6.07, 6.45) is 1.55. The van der Waals surface area contributed by atoms with E-state index < -0.39 is 10.0 Å². The maximum atomic E-state index is 12.5. The topological polar surface area (TPSA) is 90.7 Å². The highest BCUT2D eigenvalue weighted by molar-refractivity contribution is 7.89. The van der Waals surface area contributed by atoms with Gasteiger partial charge in [-0.1, -0.05) is 13.3 Å². The monoisotopic (exact) mass is 316 g/mol. The van der Waals surface area contributed by atoms with Gasteiger partial charge in [0.2, 0.25) is 10.0 Å². The van der Waals surface area contributed by atoms with Gasteiger partial charge in [-0.15, -0.1) is 0 Å². The minimum absolute atomic E-state index is 0.176. The summed E-state index contributed by atoms with van der Waals surface area (Å²) in [5.74, 6) is 0.876. The highest BCUT2D eigenvalue weighted by Crippen LogP contribution is 2.32. The standard InChI is InChI=1S/C14H24N2O4S/c1-5-6-11(9-15)16-21(17,18)14-8-13(20-4)12(19-3)7-10(14)2/h7-8,11,16H,5-6,9,15H2,1-4H3. The van der Waals surface area contributed by atoms with E-state index in [1.54, 1.807) is 13.0 Å². The Kier molecular flexibility index (Phi) is 6.44. The van der Waals surface area contributed by atoms with Gasteiger partial charge in [0.1, 0.15) is 0 Å². The van der Waals surface area contributed by atoms with Gasteiger partial charge < -0.3 is 15.2 Å². The molecule has 0 heterocycles. The summed E-state index contributed by atoms with van der Waals surface area (Å²) < 4.78 is 38.0. The number of methoxy groups -OCH3 is 2. The van der Waals surface area contributed by atoms with Gasteiger partial charge in [-0.3, -0.25) is 0 Å². The van der Waals surface area contributed by atoms with Crippen LogP contribution < -0.4 is 19.9 Å². The minimum atomic E-state index is -3.65. The Hall–Kier alpha value is -1.31. The lowest BCUT2D eigenvalue weighted by molar-refractivity contribution is 0.353. The lowest BCUT2D eigenvalue weighted by atomic mass is 10.2. The van der Waals surface area contributed by atoms with Crippen molar-refractivity contribution in [1.82, 2.24) is 4.72 Å². The molecule has 0 saturated heterocycles. The van der Waals surface area contributed by atoms with Gasteiger partial charge in [-0.25, -0.2) is 13.1 Å². The summed E-state index contributed by atoms with van der Waals surface area (Å²) >= 11 is 0. The molecule has 0 fully saturated rings. The fraction of sp³-hybridized carbons (Fsp3) is 0.571. The zero-order chi connectivity index (χ0) is 16.0. The molecule has 120 valence electrons. The van der Waals surface area contributed by atoms with Gasteiger partial charge in [0.05, 0.1) is 19.1 Å². The number of benzene rings is 1. The van der Waals surface area contributed by atoms with Crippen LogP contribution in [0.1, 0.15) is 25.3 Å². The largest absolute Gasteiger partial charge is 0.493 e. The van der Waals surface area contributed by atoms with Crippen LogP contribution in [-0.4, -0.2) is 35.2 Å². The van der Waals surface area contributed by atoms with Crippen LogP contribution in [0.15, 0.2) is 17.0 Å². The molecule has 0 aliphatic carbocycles. The normalized spacial score (nSPS) is 13.0. The highest BCUT2D eigenvalue weighted by atomic mass is 32.2. The van der Waals surface area contributed by atoms with E-state index in [2.05, 4.69) is 4.72 Å². The summed E-state index contributed by atoms with van der Waals surface area (Å²) in [5.41, 5.74) is 6.20. The molecule has 0 spiro atoms. The van der Waals surface area contributed by atoms with Crippen molar-refractivity contribution in [2.75, 3.05) is 20.8 Å². The Labute approximate surface area is 126 Å². The second-order valence-electron chi connectivity index (χ2n) is 4.82. The molecule has 0 aromatic heterocycles. The minimum Gasteiger partial charge on any atom is -0.493 e. The summed E-state index contributed by atoms with van der Waals surface area (Å²) in [7, 11) is -0.669. The van der Waals surface area contributed by atoms with Crippen LogP contribution in [0.25, 0.3) is 0 Å². The van der Waals surface area contributed by atoms with Gasteiger partial charge in [-0.2, -0.15) is 0 Å². The van der Waals surface area contributed by atoms with Crippen molar-refractivity contribution >= 4 is 10.0 Å². The molecule has 1 unspecified atom stereocenters. The van der Waals surface area contributed by atoms with E-state index in [1.165, 1.54) is 20.3 Å². The molecule has 1 rings (SSSR count). The van der Waals surface area contributed by atoms with Crippen molar-refractivity contribution in [2.24, 2.45) is 5.73 Å². The van der Waals surface area contributed by atoms with Crippen LogP contribution in [0.2, 0.25) is 0 Å². The molecular formula is C14H24N2O4S. The number of hydrogen-bond donors (Lipinski definition) is 2. The first-order valence-corrected chi connectivity index (χ1v) is 8.32. The van der Waals surface area contributed by atoms with Gasteiger partial charge in [0, 0.05) is 18.7 Å². The van der Waals surface area contributed by atoms with Crippen molar-refractivity contribution in [3.05, 3.63) is 17.7 Å². The average Bonchev–Trinajstić information content (AvgIpc) is 2.45. The number of hydrogen-bond acceptors (Lipinski definition) is 5. The first-order valence-electron chi connectivity index (χ1n) is 6.84. The molecule has 7 heteroatoms. The predicted molar refractivity (Wildman–Crippen MR) is 82.4 cm³/mol. The Morgan fingerprint density at radius 1 is 1.24 bits per heavy atom. The zero-order valence-electron chi connectivity index (χ0n) is 13.0. The van der Waals surface area contributed by atoms with Gasteiger partial charge in [0.15, 0.2) is 11.5 Å². The van der Waals surface area contributed by atoms with E-state index in [0.29, 0.717) is 23.5 Å². The summed E-state index contributed by atoms with van der Waals surface area (Å²) in [4.78, 5) is 0.176.